The summed E-state index contributed by atoms with van der Waals surface area (Å²) in [6, 6.07) is 4.06. The molecule has 1 aromatic carbocycles. The highest BCUT2D eigenvalue weighted by molar-refractivity contribution is 9.10. The zero-order valence-electron chi connectivity index (χ0n) is 7.58. The van der Waals surface area contributed by atoms with Crippen molar-refractivity contribution in [3.05, 3.63) is 22.0 Å². The Morgan fingerprint density at radius 1 is 1.50 bits per heavy atom. The number of fused-ring (bicyclic) bond motifs is 1. The van der Waals surface area contributed by atoms with Crippen molar-refractivity contribution in [3.8, 4) is 5.75 Å². The Hall–Kier alpha value is -0.190. The van der Waals surface area contributed by atoms with Gasteiger partial charge in [-0.05, 0) is 28.9 Å². The molecule has 2 aromatic rings. The zero-order valence-corrected chi connectivity index (χ0v) is 10.9. The average molecular weight is 289 g/mol. The molecule has 0 radical (unpaired) electrons. The monoisotopic (exact) mass is 288 g/mol. The molecule has 0 unspecified atom stereocenters. The molecular weight excluding hydrogens is 280 g/mol. The van der Waals surface area contributed by atoms with Crippen LogP contribution in [0.5, 0.6) is 5.75 Å². The predicted octanol–water partition coefficient (Wildman–Crippen LogP) is 4.35. The van der Waals surface area contributed by atoms with Crippen LogP contribution in [-0.4, -0.2) is 6.61 Å². The van der Waals surface area contributed by atoms with Gasteiger partial charge >= 0.3 is 0 Å². The normalized spacial score (nSPS) is 10.8. The lowest BCUT2D eigenvalue weighted by molar-refractivity contribution is 0.343. The van der Waals surface area contributed by atoms with Crippen LogP contribution >= 0.6 is 39.9 Å². The van der Waals surface area contributed by atoms with Gasteiger partial charge in [-0.1, -0.05) is 6.07 Å². The van der Waals surface area contributed by atoms with Crippen LogP contribution in [0.15, 0.2) is 26.9 Å². The van der Waals surface area contributed by atoms with E-state index in [-0.39, 0.29) is 0 Å². The minimum atomic E-state index is 0.678. The van der Waals surface area contributed by atoms with Gasteiger partial charge in [0.05, 0.1) is 15.8 Å². The Balaban J connectivity index is 2.70. The number of hydrogen-bond donors (Lipinski definition) is 1. The summed E-state index contributed by atoms with van der Waals surface area (Å²) in [6.07, 6.45) is 0. The van der Waals surface area contributed by atoms with Crippen molar-refractivity contribution in [1.82, 2.24) is 0 Å². The second-order valence-corrected chi connectivity index (χ2v) is 5.02. The lowest BCUT2D eigenvalue weighted by Gasteiger charge is -2.06. The van der Waals surface area contributed by atoms with Crippen LogP contribution in [0, 0.1) is 0 Å². The molecule has 1 heterocycles. The van der Waals surface area contributed by atoms with E-state index in [2.05, 4.69) is 34.6 Å². The standard InChI is InChI=1S/C10H9BrOS2/c1-2-12-9-7(11)4-3-6-8(13)5-14-10(6)9/h3-5,13H,2H2,1H3. The van der Waals surface area contributed by atoms with Gasteiger partial charge < -0.3 is 4.74 Å². The molecule has 1 nitrogen and oxygen atoms in total. The average Bonchev–Trinajstić information content (AvgIpc) is 2.53. The Bertz CT molecular complexity index is 464. The van der Waals surface area contributed by atoms with Crippen molar-refractivity contribution in [2.24, 2.45) is 0 Å². The van der Waals surface area contributed by atoms with E-state index in [4.69, 9.17) is 4.74 Å². The lowest BCUT2D eigenvalue weighted by Crippen LogP contribution is -1.92. The van der Waals surface area contributed by atoms with Gasteiger partial charge in [-0.3, -0.25) is 0 Å². The maximum Gasteiger partial charge on any atom is 0.151 e. The first kappa shape index (κ1) is 10.3. The maximum atomic E-state index is 5.59. The number of rotatable bonds is 2. The smallest absolute Gasteiger partial charge is 0.151 e. The molecule has 0 aliphatic heterocycles. The van der Waals surface area contributed by atoms with Gasteiger partial charge in [-0.25, -0.2) is 0 Å². The second-order valence-electron chi connectivity index (χ2n) is 2.81. The summed E-state index contributed by atoms with van der Waals surface area (Å²) in [5, 5.41) is 3.19. The molecule has 0 aliphatic rings. The van der Waals surface area contributed by atoms with Crippen molar-refractivity contribution in [1.29, 1.82) is 0 Å². The van der Waals surface area contributed by atoms with Gasteiger partial charge in [0.2, 0.25) is 0 Å². The molecule has 0 spiro atoms. The van der Waals surface area contributed by atoms with Crippen molar-refractivity contribution in [3.63, 3.8) is 0 Å². The van der Waals surface area contributed by atoms with E-state index in [1.807, 2.05) is 18.4 Å². The summed E-state index contributed by atoms with van der Waals surface area (Å²) in [6.45, 7) is 2.66. The fourth-order valence-corrected chi connectivity index (χ4v) is 3.25. The molecule has 0 fully saturated rings. The van der Waals surface area contributed by atoms with Crippen LogP contribution in [0.3, 0.4) is 0 Å². The van der Waals surface area contributed by atoms with Crippen LogP contribution in [0.25, 0.3) is 10.1 Å². The summed E-state index contributed by atoms with van der Waals surface area (Å²) in [5.41, 5.74) is 0. The molecular formula is C10H9BrOS2. The fraction of sp³-hybridized carbons (Fsp3) is 0.200. The van der Waals surface area contributed by atoms with Crippen molar-refractivity contribution >= 4 is 50.0 Å². The molecule has 0 amide bonds. The number of hydrogen-bond acceptors (Lipinski definition) is 3. The Kier molecular flexibility index (Phi) is 3.04. The van der Waals surface area contributed by atoms with Crippen LogP contribution in [0.2, 0.25) is 0 Å². The second kappa shape index (κ2) is 4.13. The summed E-state index contributed by atoms with van der Waals surface area (Å²) in [5.74, 6) is 0.926. The van der Waals surface area contributed by atoms with E-state index in [1.54, 1.807) is 11.3 Å². The molecule has 4 heteroatoms. The number of benzene rings is 1. The maximum absolute atomic E-state index is 5.59. The SMILES string of the molecule is CCOc1c(Br)ccc2c(S)csc12. The van der Waals surface area contributed by atoms with Gasteiger partial charge in [0.25, 0.3) is 0 Å². The highest BCUT2D eigenvalue weighted by atomic mass is 79.9. The van der Waals surface area contributed by atoms with Crippen molar-refractivity contribution in [2.45, 2.75) is 11.8 Å². The van der Waals surface area contributed by atoms with Crippen LogP contribution in [0.4, 0.5) is 0 Å². The molecule has 0 bridgehead atoms. The molecule has 74 valence electrons. The molecule has 0 atom stereocenters. The van der Waals surface area contributed by atoms with Crippen LogP contribution < -0.4 is 4.74 Å². The Morgan fingerprint density at radius 2 is 2.29 bits per heavy atom. The number of halogens is 1. The number of ether oxygens (including phenoxy) is 1. The van der Waals surface area contributed by atoms with Gasteiger partial charge in [0, 0.05) is 15.7 Å². The minimum absolute atomic E-state index is 0.678. The van der Waals surface area contributed by atoms with E-state index >= 15 is 0 Å². The molecule has 1 aromatic heterocycles. The molecule has 0 N–H and O–H groups in total. The largest absolute Gasteiger partial charge is 0.491 e. The molecule has 0 saturated carbocycles. The number of thiophene rings is 1. The van der Waals surface area contributed by atoms with Gasteiger partial charge in [-0.2, -0.15) is 0 Å². The van der Waals surface area contributed by atoms with E-state index < -0.39 is 0 Å². The first-order valence-corrected chi connectivity index (χ1v) is 6.37. The lowest BCUT2D eigenvalue weighted by atomic mass is 10.2. The Labute approximate surface area is 101 Å². The van der Waals surface area contributed by atoms with E-state index in [0.29, 0.717) is 6.61 Å². The summed E-state index contributed by atoms with van der Waals surface area (Å²) < 4.78 is 7.75. The first-order valence-electron chi connectivity index (χ1n) is 4.25. The van der Waals surface area contributed by atoms with Crippen LogP contribution in [0.1, 0.15) is 6.92 Å². The third-order valence-corrected chi connectivity index (χ3v) is 4.08. The third-order valence-electron chi connectivity index (χ3n) is 1.92. The Morgan fingerprint density at radius 3 is 3.00 bits per heavy atom. The van der Waals surface area contributed by atoms with E-state index in [0.717, 1.165) is 25.2 Å². The minimum Gasteiger partial charge on any atom is -0.491 e. The third kappa shape index (κ3) is 1.66. The molecule has 0 saturated heterocycles. The van der Waals surface area contributed by atoms with Gasteiger partial charge in [0.1, 0.15) is 0 Å². The van der Waals surface area contributed by atoms with Crippen molar-refractivity contribution in [2.75, 3.05) is 6.61 Å². The quantitative estimate of drug-likeness (QED) is 0.809. The first-order chi connectivity index (χ1) is 6.74. The molecule has 0 aliphatic carbocycles. The topological polar surface area (TPSA) is 9.23 Å². The molecule has 2 rings (SSSR count). The summed E-state index contributed by atoms with van der Waals surface area (Å²) in [7, 11) is 0. The molecule has 14 heavy (non-hydrogen) atoms. The number of thiol groups is 1. The van der Waals surface area contributed by atoms with Crippen LogP contribution in [-0.2, 0) is 0 Å². The highest BCUT2D eigenvalue weighted by Gasteiger charge is 2.10. The van der Waals surface area contributed by atoms with Gasteiger partial charge in [-0.15, -0.1) is 24.0 Å². The predicted molar refractivity (Wildman–Crippen MR) is 67.9 cm³/mol. The van der Waals surface area contributed by atoms with E-state index in [1.165, 1.54) is 0 Å². The van der Waals surface area contributed by atoms with Gasteiger partial charge in [0.15, 0.2) is 5.75 Å². The fourth-order valence-electron chi connectivity index (χ4n) is 1.31. The van der Waals surface area contributed by atoms with Crippen molar-refractivity contribution < 1.29 is 4.74 Å². The summed E-state index contributed by atoms with van der Waals surface area (Å²) in [4.78, 5) is 1.01. The van der Waals surface area contributed by atoms with E-state index in [9.17, 15) is 0 Å². The highest BCUT2D eigenvalue weighted by Crippen LogP contribution is 2.40. The zero-order chi connectivity index (χ0) is 10.1. The summed E-state index contributed by atoms with van der Waals surface area (Å²) >= 11 is 9.54.